The van der Waals surface area contributed by atoms with E-state index in [1.54, 1.807) is 39.0 Å². The molecule has 4 amide bonds. The number of hydrazone groups is 1. The smallest absolute Gasteiger partial charge is 0.325 e. The Morgan fingerprint density at radius 2 is 2.15 bits per heavy atom. The number of imide groups is 1. The van der Waals surface area contributed by atoms with Crippen LogP contribution in [0.5, 0.6) is 11.5 Å². The summed E-state index contributed by atoms with van der Waals surface area (Å²) in [6.45, 7) is 5.36. The van der Waals surface area contributed by atoms with E-state index in [2.05, 4.69) is 15.8 Å². The normalized spacial score (nSPS) is 16.0. The van der Waals surface area contributed by atoms with Crippen molar-refractivity contribution in [3.63, 3.8) is 0 Å². The summed E-state index contributed by atoms with van der Waals surface area (Å²) in [6, 6.07) is 4.40. The maximum atomic E-state index is 12.0. The summed E-state index contributed by atoms with van der Waals surface area (Å²) in [5.41, 5.74) is 1.71. The summed E-state index contributed by atoms with van der Waals surface area (Å²) in [5, 5.41) is 16.3. The molecule has 0 unspecified atom stereocenters. The first-order valence-electron chi connectivity index (χ1n) is 8.17. The van der Waals surface area contributed by atoms with Gasteiger partial charge < -0.3 is 15.2 Å². The molecule has 1 aromatic rings. The number of rotatable bonds is 7. The number of urea groups is 1. The molecule has 2 rings (SSSR count). The Hall–Kier alpha value is -3.10. The lowest BCUT2D eigenvalue weighted by Gasteiger charge is -2.15. The molecule has 9 heteroatoms. The first-order valence-corrected chi connectivity index (χ1v) is 8.17. The van der Waals surface area contributed by atoms with Crippen LogP contribution in [0, 0.1) is 0 Å². The zero-order valence-electron chi connectivity index (χ0n) is 14.9. The quantitative estimate of drug-likeness (QED) is 0.379. The lowest BCUT2D eigenvalue weighted by atomic mass is 10.1. The van der Waals surface area contributed by atoms with Crippen LogP contribution in [0.25, 0.3) is 0 Å². The van der Waals surface area contributed by atoms with Gasteiger partial charge in [0.1, 0.15) is 5.54 Å². The number of amides is 4. The molecule has 1 saturated heterocycles. The topological polar surface area (TPSA) is 120 Å². The van der Waals surface area contributed by atoms with Crippen molar-refractivity contribution in [2.45, 2.75) is 32.7 Å². The average molecular weight is 362 g/mol. The summed E-state index contributed by atoms with van der Waals surface area (Å²) in [7, 11) is 0. The SMILES string of the molecule is CCOc1cccc(/C=N/NC(=O)CCN2C(=O)NC(C)(C)C2=O)c1O. The van der Waals surface area contributed by atoms with Crippen molar-refractivity contribution in [3.05, 3.63) is 23.8 Å². The molecular formula is C17H22N4O5. The van der Waals surface area contributed by atoms with Crippen LogP contribution in [0.1, 0.15) is 32.8 Å². The van der Waals surface area contributed by atoms with Crippen molar-refractivity contribution < 1.29 is 24.2 Å². The number of carbonyl (C=O) groups is 3. The van der Waals surface area contributed by atoms with Crippen LogP contribution in [0.15, 0.2) is 23.3 Å². The van der Waals surface area contributed by atoms with Gasteiger partial charge in [-0.3, -0.25) is 14.5 Å². The average Bonchev–Trinajstić information content (AvgIpc) is 2.77. The molecule has 0 radical (unpaired) electrons. The summed E-state index contributed by atoms with van der Waals surface area (Å²) in [5.74, 6) is -0.596. The zero-order chi connectivity index (χ0) is 19.3. The maximum absolute atomic E-state index is 12.0. The van der Waals surface area contributed by atoms with Crippen molar-refractivity contribution in [3.8, 4) is 11.5 Å². The van der Waals surface area contributed by atoms with Crippen molar-refractivity contribution in [2.24, 2.45) is 5.10 Å². The van der Waals surface area contributed by atoms with E-state index in [0.717, 1.165) is 4.90 Å². The van der Waals surface area contributed by atoms with Gasteiger partial charge in [-0.15, -0.1) is 0 Å². The van der Waals surface area contributed by atoms with E-state index >= 15 is 0 Å². The predicted octanol–water partition coefficient (Wildman–Crippen LogP) is 0.961. The van der Waals surface area contributed by atoms with Gasteiger partial charge in [0.25, 0.3) is 5.91 Å². The Labute approximate surface area is 151 Å². The van der Waals surface area contributed by atoms with Gasteiger partial charge in [0.2, 0.25) is 5.91 Å². The van der Waals surface area contributed by atoms with Crippen LogP contribution in [-0.4, -0.2) is 52.8 Å². The minimum atomic E-state index is -0.963. The Morgan fingerprint density at radius 3 is 2.77 bits per heavy atom. The fourth-order valence-corrected chi connectivity index (χ4v) is 2.38. The highest BCUT2D eigenvalue weighted by atomic mass is 16.5. The first kappa shape index (κ1) is 19.2. The maximum Gasteiger partial charge on any atom is 0.325 e. The van der Waals surface area contributed by atoms with Crippen molar-refractivity contribution in [2.75, 3.05) is 13.2 Å². The minimum Gasteiger partial charge on any atom is -0.504 e. The largest absolute Gasteiger partial charge is 0.504 e. The van der Waals surface area contributed by atoms with E-state index in [0.29, 0.717) is 17.9 Å². The van der Waals surface area contributed by atoms with E-state index in [-0.39, 0.29) is 24.6 Å². The number of aromatic hydroxyl groups is 1. The van der Waals surface area contributed by atoms with Crippen LogP contribution in [-0.2, 0) is 9.59 Å². The molecule has 0 bridgehead atoms. The van der Waals surface area contributed by atoms with Gasteiger partial charge in [-0.25, -0.2) is 10.2 Å². The Morgan fingerprint density at radius 1 is 1.42 bits per heavy atom. The van der Waals surface area contributed by atoms with Gasteiger partial charge in [-0.1, -0.05) is 6.07 Å². The summed E-state index contributed by atoms with van der Waals surface area (Å²) in [4.78, 5) is 36.6. The van der Waals surface area contributed by atoms with Gasteiger partial charge in [0, 0.05) is 18.5 Å². The number of carbonyl (C=O) groups excluding carboxylic acids is 3. The molecule has 1 aromatic carbocycles. The number of hydrogen-bond acceptors (Lipinski definition) is 6. The second-order valence-corrected chi connectivity index (χ2v) is 6.18. The number of nitrogens with zero attached hydrogens (tertiary/aromatic N) is 2. The van der Waals surface area contributed by atoms with Gasteiger partial charge >= 0.3 is 6.03 Å². The number of phenols is 1. The molecule has 0 aliphatic carbocycles. The second-order valence-electron chi connectivity index (χ2n) is 6.18. The molecule has 3 N–H and O–H groups in total. The molecule has 9 nitrogen and oxygen atoms in total. The van der Waals surface area contributed by atoms with Gasteiger partial charge in [0.05, 0.1) is 12.8 Å². The Balaban J connectivity index is 1.88. The monoisotopic (exact) mass is 362 g/mol. The highest BCUT2D eigenvalue weighted by Crippen LogP contribution is 2.28. The van der Waals surface area contributed by atoms with E-state index < -0.39 is 17.5 Å². The molecular weight excluding hydrogens is 340 g/mol. The number of hydrogen-bond donors (Lipinski definition) is 3. The molecule has 0 aromatic heterocycles. The fourth-order valence-electron chi connectivity index (χ4n) is 2.38. The molecule has 140 valence electrons. The molecule has 26 heavy (non-hydrogen) atoms. The lowest BCUT2D eigenvalue weighted by molar-refractivity contribution is -0.130. The van der Waals surface area contributed by atoms with Crippen molar-refractivity contribution in [1.29, 1.82) is 0 Å². The van der Waals surface area contributed by atoms with Crippen LogP contribution in [0.3, 0.4) is 0 Å². The third-order valence-electron chi connectivity index (χ3n) is 3.73. The van der Waals surface area contributed by atoms with Gasteiger partial charge in [0.15, 0.2) is 11.5 Å². The van der Waals surface area contributed by atoms with Crippen LogP contribution >= 0.6 is 0 Å². The van der Waals surface area contributed by atoms with E-state index in [1.165, 1.54) is 6.21 Å². The van der Waals surface area contributed by atoms with Crippen LogP contribution in [0.4, 0.5) is 4.79 Å². The third kappa shape index (κ3) is 4.29. The fraction of sp³-hybridized carbons (Fsp3) is 0.412. The van der Waals surface area contributed by atoms with E-state index in [1.807, 2.05) is 0 Å². The zero-order valence-corrected chi connectivity index (χ0v) is 14.9. The number of phenolic OH excluding ortho intramolecular Hbond substituents is 1. The summed E-state index contributed by atoms with van der Waals surface area (Å²) in [6.07, 6.45) is 1.20. The van der Waals surface area contributed by atoms with Crippen molar-refractivity contribution >= 4 is 24.1 Å². The molecule has 0 atom stereocenters. The Bertz CT molecular complexity index is 745. The second kappa shape index (κ2) is 7.85. The summed E-state index contributed by atoms with van der Waals surface area (Å²) >= 11 is 0. The number of para-hydroxylation sites is 1. The molecule has 0 spiro atoms. The first-order chi connectivity index (χ1) is 12.3. The van der Waals surface area contributed by atoms with Crippen molar-refractivity contribution in [1.82, 2.24) is 15.6 Å². The van der Waals surface area contributed by atoms with Crippen LogP contribution in [0.2, 0.25) is 0 Å². The molecule has 1 aliphatic rings. The third-order valence-corrected chi connectivity index (χ3v) is 3.73. The van der Waals surface area contributed by atoms with Gasteiger partial charge in [-0.05, 0) is 32.9 Å². The Kier molecular flexibility index (Phi) is 5.81. The highest BCUT2D eigenvalue weighted by molar-refractivity contribution is 6.06. The minimum absolute atomic E-state index is 0.0411. The van der Waals surface area contributed by atoms with E-state index in [9.17, 15) is 19.5 Å². The lowest BCUT2D eigenvalue weighted by Crippen LogP contribution is -2.40. The van der Waals surface area contributed by atoms with Gasteiger partial charge in [-0.2, -0.15) is 5.10 Å². The highest BCUT2D eigenvalue weighted by Gasteiger charge is 2.43. The summed E-state index contributed by atoms with van der Waals surface area (Å²) < 4.78 is 5.26. The molecule has 1 aliphatic heterocycles. The van der Waals surface area contributed by atoms with Crippen LogP contribution < -0.4 is 15.5 Å². The molecule has 0 saturated carbocycles. The number of ether oxygens (including phenoxy) is 1. The number of nitrogens with one attached hydrogen (secondary N) is 2. The molecule has 1 fully saturated rings. The number of benzene rings is 1. The standard InChI is InChI=1S/C17H22N4O5/c1-4-26-12-7-5-6-11(14(12)23)10-18-20-13(22)8-9-21-15(24)17(2,3)19-16(21)25/h5-7,10,23H,4,8-9H2,1-3H3,(H,19,25)(H,20,22)/b18-10+. The molecule has 1 heterocycles. The predicted molar refractivity (Wildman–Crippen MR) is 94.0 cm³/mol. The van der Waals surface area contributed by atoms with E-state index in [4.69, 9.17) is 4.74 Å².